The first kappa shape index (κ1) is 17.5. The molecule has 1 aliphatic heterocycles. The van der Waals surface area contributed by atoms with Crippen molar-refractivity contribution in [3.8, 4) is 0 Å². The Balaban J connectivity index is 1.64. The summed E-state index contributed by atoms with van der Waals surface area (Å²) in [6.45, 7) is 1.79. The fourth-order valence-corrected chi connectivity index (χ4v) is 3.07. The van der Waals surface area contributed by atoms with Crippen molar-refractivity contribution in [1.82, 2.24) is 14.9 Å². The fourth-order valence-electron chi connectivity index (χ4n) is 3.07. The standard InChI is InChI=1S/C18H23F2N5/c1-24(2)17-8-9-21-18(23-17)22-13-5-4-10-25(11-13)12-14-15(19)6-3-7-16(14)20/h3,6-9,13H,4-5,10-12H2,1-2H3,(H,21,22,23). The van der Waals surface area contributed by atoms with Crippen molar-refractivity contribution < 1.29 is 8.78 Å². The number of hydrogen-bond donors (Lipinski definition) is 1. The van der Waals surface area contributed by atoms with Crippen LogP contribution in [-0.4, -0.2) is 48.1 Å². The Hall–Kier alpha value is -2.28. The molecule has 1 aromatic heterocycles. The molecule has 5 nitrogen and oxygen atoms in total. The average molecular weight is 347 g/mol. The zero-order chi connectivity index (χ0) is 17.8. The molecule has 1 atom stereocenters. The van der Waals surface area contributed by atoms with Crippen LogP contribution in [0.15, 0.2) is 30.5 Å². The molecular weight excluding hydrogens is 324 g/mol. The van der Waals surface area contributed by atoms with Gasteiger partial charge in [0.25, 0.3) is 0 Å². The Kier molecular flexibility index (Phi) is 5.43. The number of halogens is 2. The van der Waals surface area contributed by atoms with Gasteiger partial charge in [-0.3, -0.25) is 4.90 Å². The highest BCUT2D eigenvalue weighted by atomic mass is 19.1. The van der Waals surface area contributed by atoms with Gasteiger partial charge in [0.2, 0.25) is 5.95 Å². The molecule has 0 aliphatic carbocycles. The van der Waals surface area contributed by atoms with Gasteiger partial charge >= 0.3 is 0 Å². The van der Waals surface area contributed by atoms with Crippen molar-refractivity contribution >= 4 is 11.8 Å². The van der Waals surface area contributed by atoms with Gasteiger partial charge in [-0.05, 0) is 37.6 Å². The monoisotopic (exact) mass is 347 g/mol. The van der Waals surface area contributed by atoms with E-state index in [9.17, 15) is 8.78 Å². The molecule has 0 bridgehead atoms. The van der Waals surface area contributed by atoms with Crippen LogP contribution in [0.4, 0.5) is 20.5 Å². The molecule has 134 valence electrons. The van der Waals surface area contributed by atoms with E-state index in [4.69, 9.17) is 0 Å². The van der Waals surface area contributed by atoms with E-state index in [0.29, 0.717) is 12.5 Å². The molecule has 0 radical (unpaired) electrons. The van der Waals surface area contributed by atoms with Crippen molar-refractivity contribution in [2.75, 3.05) is 37.4 Å². The number of anilines is 2. The highest BCUT2D eigenvalue weighted by Gasteiger charge is 2.22. The second kappa shape index (κ2) is 7.74. The molecule has 0 amide bonds. The third kappa shape index (κ3) is 4.42. The maximum absolute atomic E-state index is 13.9. The van der Waals surface area contributed by atoms with Gasteiger partial charge in [0.1, 0.15) is 17.5 Å². The normalized spacial score (nSPS) is 18.2. The lowest BCUT2D eigenvalue weighted by Crippen LogP contribution is -2.42. The van der Waals surface area contributed by atoms with Crippen LogP contribution in [0, 0.1) is 11.6 Å². The summed E-state index contributed by atoms with van der Waals surface area (Å²) in [7, 11) is 3.86. The van der Waals surface area contributed by atoms with Crippen molar-refractivity contribution in [2.24, 2.45) is 0 Å². The van der Waals surface area contributed by atoms with Gasteiger partial charge in [-0.15, -0.1) is 0 Å². The lowest BCUT2D eigenvalue weighted by atomic mass is 10.0. The summed E-state index contributed by atoms with van der Waals surface area (Å²) in [4.78, 5) is 12.7. The number of hydrogen-bond acceptors (Lipinski definition) is 5. The van der Waals surface area contributed by atoms with E-state index in [-0.39, 0.29) is 18.2 Å². The highest BCUT2D eigenvalue weighted by molar-refractivity contribution is 5.41. The molecule has 25 heavy (non-hydrogen) atoms. The van der Waals surface area contributed by atoms with Gasteiger partial charge in [-0.25, -0.2) is 13.8 Å². The Labute approximate surface area is 146 Å². The maximum Gasteiger partial charge on any atom is 0.224 e. The minimum absolute atomic E-state index is 0.133. The van der Waals surface area contributed by atoms with E-state index < -0.39 is 11.6 Å². The van der Waals surface area contributed by atoms with Gasteiger partial charge in [0.05, 0.1) is 0 Å². The smallest absolute Gasteiger partial charge is 0.224 e. The fraction of sp³-hybridized carbons (Fsp3) is 0.444. The molecular formula is C18H23F2N5. The number of benzene rings is 1. The SMILES string of the molecule is CN(C)c1ccnc(NC2CCCN(Cc3c(F)cccc3F)C2)n1. The van der Waals surface area contributed by atoms with Gasteiger partial charge < -0.3 is 10.2 Å². The first-order valence-electron chi connectivity index (χ1n) is 8.45. The predicted molar refractivity (Wildman–Crippen MR) is 94.6 cm³/mol. The highest BCUT2D eigenvalue weighted by Crippen LogP contribution is 2.20. The first-order chi connectivity index (χ1) is 12.0. The van der Waals surface area contributed by atoms with Crippen LogP contribution in [0.2, 0.25) is 0 Å². The van der Waals surface area contributed by atoms with Crippen LogP contribution >= 0.6 is 0 Å². The van der Waals surface area contributed by atoms with Crippen LogP contribution < -0.4 is 10.2 Å². The third-order valence-electron chi connectivity index (χ3n) is 4.38. The number of piperidine rings is 1. The quantitative estimate of drug-likeness (QED) is 0.901. The van der Waals surface area contributed by atoms with E-state index in [1.54, 1.807) is 6.20 Å². The summed E-state index contributed by atoms with van der Waals surface area (Å²) in [5.74, 6) is 0.433. The summed E-state index contributed by atoms with van der Waals surface area (Å²) in [6.07, 6.45) is 3.66. The van der Waals surface area contributed by atoms with E-state index in [1.807, 2.05) is 25.1 Å². The predicted octanol–water partition coefficient (Wildman–Crippen LogP) is 2.90. The van der Waals surface area contributed by atoms with Crippen LogP contribution in [0.3, 0.4) is 0 Å². The van der Waals surface area contributed by atoms with Gasteiger partial charge in [-0.1, -0.05) is 6.07 Å². The average Bonchev–Trinajstić information content (AvgIpc) is 2.59. The molecule has 1 N–H and O–H groups in total. The van der Waals surface area contributed by atoms with Crippen molar-refractivity contribution in [3.05, 3.63) is 47.7 Å². The molecule has 2 aromatic rings. The van der Waals surface area contributed by atoms with E-state index in [2.05, 4.69) is 20.2 Å². The Morgan fingerprint density at radius 2 is 2.00 bits per heavy atom. The second-order valence-corrected chi connectivity index (χ2v) is 6.55. The summed E-state index contributed by atoms with van der Waals surface area (Å²) in [6, 6.07) is 6.00. The van der Waals surface area contributed by atoms with Crippen molar-refractivity contribution in [1.29, 1.82) is 0 Å². The number of likely N-dealkylation sites (tertiary alicyclic amines) is 1. The number of rotatable bonds is 5. The Morgan fingerprint density at radius 3 is 2.72 bits per heavy atom. The first-order valence-corrected chi connectivity index (χ1v) is 8.45. The van der Waals surface area contributed by atoms with Crippen LogP contribution in [0.5, 0.6) is 0 Å². The zero-order valence-corrected chi connectivity index (χ0v) is 14.5. The lowest BCUT2D eigenvalue weighted by molar-refractivity contribution is 0.203. The molecule has 1 saturated heterocycles. The zero-order valence-electron chi connectivity index (χ0n) is 14.5. The third-order valence-corrected chi connectivity index (χ3v) is 4.38. The Morgan fingerprint density at radius 1 is 1.24 bits per heavy atom. The summed E-state index contributed by atoms with van der Waals surface area (Å²) < 4.78 is 27.7. The van der Waals surface area contributed by atoms with Crippen molar-refractivity contribution in [2.45, 2.75) is 25.4 Å². The number of nitrogens with zero attached hydrogens (tertiary/aromatic N) is 4. The van der Waals surface area contributed by atoms with E-state index in [0.717, 1.165) is 25.2 Å². The molecule has 3 rings (SSSR count). The molecule has 2 heterocycles. The number of aromatic nitrogens is 2. The summed E-state index contributed by atoms with van der Waals surface area (Å²) in [5, 5.41) is 3.34. The second-order valence-electron chi connectivity index (χ2n) is 6.55. The minimum atomic E-state index is -0.489. The largest absolute Gasteiger partial charge is 0.363 e. The van der Waals surface area contributed by atoms with E-state index >= 15 is 0 Å². The van der Waals surface area contributed by atoms with E-state index in [1.165, 1.54) is 18.2 Å². The summed E-state index contributed by atoms with van der Waals surface area (Å²) >= 11 is 0. The lowest BCUT2D eigenvalue weighted by Gasteiger charge is -2.33. The molecule has 1 aliphatic rings. The molecule has 0 spiro atoms. The van der Waals surface area contributed by atoms with Gasteiger partial charge in [-0.2, -0.15) is 4.98 Å². The molecule has 1 unspecified atom stereocenters. The molecule has 7 heteroatoms. The van der Waals surface area contributed by atoms with Crippen LogP contribution in [-0.2, 0) is 6.54 Å². The topological polar surface area (TPSA) is 44.3 Å². The minimum Gasteiger partial charge on any atom is -0.363 e. The van der Waals surface area contributed by atoms with Crippen LogP contribution in [0.1, 0.15) is 18.4 Å². The van der Waals surface area contributed by atoms with Gasteiger partial charge in [0.15, 0.2) is 0 Å². The Bertz CT molecular complexity index is 702. The van der Waals surface area contributed by atoms with Crippen molar-refractivity contribution in [3.63, 3.8) is 0 Å². The van der Waals surface area contributed by atoms with Crippen LogP contribution in [0.25, 0.3) is 0 Å². The summed E-state index contributed by atoms with van der Waals surface area (Å²) in [5.41, 5.74) is 0.133. The molecule has 1 aromatic carbocycles. The van der Waals surface area contributed by atoms with Gasteiger partial charge in [0, 0.05) is 45.0 Å². The molecule has 0 saturated carbocycles. The number of nitrogens with one attached hydrogen (secondary N) is 1. The molecule has 1 fully saturated rings. The maximum atomic E-state index is 13.9.